The normalized spacial score (nSPS) is 11.1. The Labute approximate surface area is 171 Å². The molecule has 0 radical (unpaired) electrons. The molecule has 0 saturated heterocycles. The molecule has 3 N–H and O–H groups in total. The first kappa shape index (κ1) is 22.6. The fourth-order valence-electron chi connectivity index (χ4n) is 2.60. The van der Waals surface area contributed by atoms with Crippen LogP contribution in [0.15, 0.2) is 53.4 Å². The topological polar surface area (TPSA) is 116 Å². The van der Waals surface area contributed by atoms with Crippen molar-refractivity contribution in [3.63, 3.8) is 0 Å². The molecule has 0 bridgehead atoms. The lowest BCUT2D eigenvalue weighted by Crippen LogP contribution is -2.14. The number of anilines is 1. The van der Waals surface area contributed by atoms with Crippen LogP contribution in [0.25, 0.3) is 0 Å². The van der Waals surface area contributed by atoms with Crippen molar-refractivity contribution in [3.05, 3.63) is 54.1 Å². The summed E-state index contributed by atoms with van der Waals surface area (Å²) in [6.45, 7) is 2.78. The summed E-state index contributed by atoms with van der Waals surface area (Å²) in [5.74, 6) is 0.248. The molecule has 0 aliphatic rings. The van der Waals surface area contributed by atoms with E-state index in [0.717, 1.165) is 25.0 Å². The lowest BCUT2D eigenvalue weighted by Gasteiger charge is -2.07. The molecule has 1 amide bonds. The first-order valence-corrected chi connectivity index (χ1v) is 11.0. The van der Waals surface area contributed by atoms with E-state index in [-0.39, 0.29) is 29.4 Å². The van der Waals surface area contributed by atoms with Crippen molar-refractivity contribution in [3.8, 4) is 5.75 Å². The first-order chi connectivity index (χ1) is 13.8. The van der Waals surface area contributed by atoms with Crippen molar-refractivity contribution in [2.45, 2.75) is 43.9 Å². The molecule has 0 aliphatic heterocycles. The second kappa shape index (κ2) is 10.7. The van der Waals surface area contributed by atoms with Gasteiger partial charge in [0.2, 0.25) is 15.9 Å². The molecule has 156 valence electrons. The van der Waals surface area contributed by atoms with Gasteiger partial charge in [-0.2, -0.15) is 0 Å². The van der Waals surface area contributed by atoms with Gasteiger partial charge in [0.25, 0.3) is 0 Å². The first-order valence-electron chi connectivity index (χ1n) is 9.48. The SMILES string of the molecule is CCCCCOc1ccc(C(=O)CCC(=O)Nc2ccc(S(N)(=O)=O)cc2)cc1. The summed E-state index contributed by atoms with van der Waals surface area (Å²) in [6.07, 6.45) is 3.33. The number of primary sulfonamides is 1. The monoisotopic (exact) mass is 418 g/mol. The predicted octanol–water partition coefficient (Wildman–Crippen LogP) is 3.50. The highest BCUT2D eigenvalue weighted by Gasteiger charge is 2.11. The van der Waals surface area contributed by atoms with Crippen LogP contribution in [-0.4, -0.2) is 26.7 Å². The standard InChI is InChI=1S/C21H26N2O5S/c1-2-3-4-15-28-18-9-5-16(6-10-18)20(24)13-14-21(25)23-17-7-11-19(12-8-17)29(22,26)27/h5-12H,2-4,13-15H2,1H3,(H,23,25)(H2,22,26,27). The molecule has 0 fully saturated rings. The molecule has 0 aliphatic carbocycles. The number of rotatable bonds is 11. The van der Waals surface area contributed by atoms with Crippen molar-refractivity contribution in [2.75, 3.05) is 11.9 Å². The van der Waals surface area contributed by atoms with Gasteiger partial charge in [-0.3, -0.25) is 9.59 Å². The molecule has 0 saturated carbocycles. The molecule has 0 aromatic heterocycles. The Balaban J connectivity index is 1.80. The minimum absolute atomic E-state index is 0.0189. The van der Waals surface area contributed by atoms with Gasteiger partial charge in [0.1, 0.15) is 5.75 Å². The Hall–Kier alpha value is -2.71. The highest BCUT2D eigenvalue weighted by atomic mass is 32.2. The zero-order valence-corrected chi connectivity index (χ0v) is 17.2. The fourth-order valence-corrected chi connectivity index (χ4v) is 3.12. The number of hydrogen-bond acceptors (Lipinski definition) is 5. The molecule has 2 rings (SSSR count). The number of carbonyl (C=O) groups is 2. The number of amides is 1. The van der Waals surface area contributed by atoms with Gasteiger partial charge in [-0.1, -0.05) is 19.8 Å². The van der Waals surface area contributed by atoms with Crippen molar-refractivity contribution >= 4 is 27.4 Å². The molecular formula is C21H26N2O5S. The smallest absolute Gasteiger partial charge is 0.238 e. The lowest BCUT2D eigenvalue weighted by molar-refractivity contribution is -0.116. The van der Waals surface area contributed by atoms with Gasteiger partial charge in [-0.05, 0) is 55.0 Å². The highest BCUT2D eigenvalue weighted by Crippen LogP contribution is 2.16. The van der Waals surface area contributed by atoms with Crippen molar-refractivity contribution in [1.82, 2.24) is 0 Å². The number of ketones is 1. The van der Waals surface area contributed by atoms with E-state index in [1.807, 2.05) is 0 Å². The van der Waals surface area contributed by atoms with E-state index in [9.17, 15) is 18.0 Å². The number of nitrogens with two attached hydrogens (primary N) is 1. The van der Waals surface area contributed by atoms with Crippen LogP contribution in [0.1, 0.15) is 49.4 Å². The van der Waals surface area contributed by atoms with Crippen LogP contribution in [0.4, 0.5) is 5.69 Å². The minimum atomic E-state index is -3.78. The van der Waals surface area contributed by atoms with Gasteiger partial charge in [-0.25, -0.2) is 13.6 Å². The Morgan fingerprint density at radius 1 is 0.966 bits per heavy atom. The number of carbonyl (C=O) groups excluding carboxylic acids is 2. The van der Waals surface area contributed by atoms with Gasteiger partial charge in [0.15, 0.2) is 5.78 Å². The van der Waals surface area contributed by atoms with Crippen LogP contribution in [0.5, 0.6) is 5.75 Å². The Bertz CT molecular complexity index is 923. The second-order valence-electron chi connectivity index (χ2n) is 6.62. The molecule has 7 nitrogen and oxygen atoms in total. The van der Waals surface area contributed by atoms with Crippen LogP contribution < -0.4 is 15.2 Å². The Morgan fingerprint density at radius 2 is 1.62 bits per heavy atom. The van der Waals surface area contributed by atoms with E-state index in [4.69, 9.17) is 9.88 Å². The number of benzene rings is 2. The van der Waals surface area contributed by atoms with Crippen LogP contribution in [0.2, 0.25) is 0 Å². The molecule has 0 atom stereocenters. The Morgan fingerprint density at radius 3 is 2.21 bits per heavy atom. The summed E-state index contributed by atoms with van der Waals surface area (Å²) < 4.78 is 28.1. The third-order valence-corrected chi connectivity index (χ3v) is 5.17. The number of Topliss-reactive ketones (excluding diaryl/α,β-unsaturated/α-hetero) is 1. The van der Waals surface area contributed by atoms with Gasteiger partial charge >= 0.3 is 0 Å². The van der Waals surface area contributed by atoms with Gasteiger partial charge in [0, 0.05) is 24.1 Å². The molecule has 0 unspecified atom stereocenters. The molecule has 29 heavy (non-hydrogen) atoms. The molecular weight excluding hydrogens is 392 g/mol. The third-order valence-electron chi connectivity index (χ3n) is 4.24. The zero-order chi connectivity index (χ0) is 21.3. The largest absolute Gasteiger partial charge is 0.494 e. The third kappa shape index (κ3) is 7.67. The molecule has 2 aromatic rings. The number of sulfonamides is 1. The maximum Gasteiger partial charge on any atom is 0.238 e. The summed E-state index contributed by atoms with van der Waals surface area (Å²) in [5, 5.41) is 7.65. The molecule has 0 spiro atoms. The van der Waals surface area contributed by atoms with E-state index in [1.165, 1.54) is 24.3 Å². The summed E-state index contributed by atoms with van der Waals surface area (Å²) in [7, 11) is -3.78. The summed E-state index contributed by atoms with van der Waals surface area (Å²) in [4.78, 5) is 24.3. The highest BCUT2D eigenvalue weighted by molar-refractivity contribution is 7.89. The lowest BCUT2D eigenvalue weighted by atomic mass is 10.1. The van der Waals surface area contributed by atoms with Crippen LogP contribution in [0, 0.1) is 0 Å². The van der Waals surface area contributed by atoms with Crippen LogP contribution in [0.3, 0.4) is 0 Å². The van der Waals surface area contributed by atoms with Gasteiger partial charge in [0.05, 0.1) is 11.5 Å². The molecule has 2 aromatic carbocycles. The van der Waals surface area contributed by atoms with Gasteiger partial charge < -0.3 is 10.1 Å². The van der Waals surface area contributed by atoms with Crippen molar-refractivity contribution < 1.29 is 22.7 Å². The van der Waals surface area contributed by atoms with Gasteiger partial charge in [-0.15, -0.1) is 0 Å². The average molecular weight is 419 g/mol. The van der Waals surface area contributed by atoms with Crippen LogP contribution >= 0.6 is 0 Å². The van der Waals surface area contributed by atoms with E-state index in [2.05, 4.69) is 12.2 Å². The fraction of sp³-hybridized carbons (Fsp3) is 0.333. The van der Waals surface area contributed by atoms with E-state index in [1.54, 1.807) is 24.3 Å². The summed E-state index contributed by atoms with van der Waals surface area (Å²) >= 11 is 0. The van der Waals surface area contributed by atoms with Crippen molar-refractivity contribution in [1.29, 1.82) is 0 Å². The quantitative estimate of drug-likeness (QED) is 0.428. The maximum atomic E-state index is 12.3. The van der Waals surface area contributed by atoms with E-state index in [0.29, 0.717) is 17.9 Å². The maximum absolute atomic E-state index is 12.3. The summed E-state index contributed by atoms with van der Waals surface area (Å²) in [6, 6.07) is 12.4. The van der Waals surface area contributed by atoms with E-state index < -0.39 is 10.0 Å². The predicted molar refractivity (Wildman–Crippen MR) is 111 cm³/mol. The number of nitrogens with one attached hydrogen (secondary N) is 1. The summed E-state index contributed by atoms with van der Waals surface area (Å²) in [5.41, 5.74) is 0.954. The number of unbranched alkanes of at least 4 members (excludes halogenated alkanes) is 2. The minimum Gasteiger partial charge on any atom is -0.494 e. The zero-order valence-electron chi connectivity index (χ0n) is 16.4. The average Bonchev–Trinajstić information content (AvgIpc) is 2.69. The van der Waals surface area contributed by atoms with Crippen molar-refractivity contribution in [2.24, 2.45) is 5.14 Å². The second-order valence-corrected chi connectivity index (χ2v) is 8.18. The number of ether oxygens (including phenoxy) is 1. The molecule has 0 heterocycles. The Kier molecular flexibility index (Phi) is 8.35. The molecule has 8 heteroatoms. The van der Waals surface area contributed by atoms with Crippen LogP contribution in [-0.2, 0) is 14.8 Å². The number of hydrogen-bond donors (Lipinski definition) is 2. The van der Waals surface area contributed by atoms with E-state index >= 15 is 0 Å².